The van der Waals surface area contributed by atoms with E-state index < -0.39 is 21.9 Å². The van der Waals surface area contributed by atoms with Gasteiger partial charge in [-0.3, -0.25) is 0 Å². The van der Waals surface area contributed by atoms with E-state index in [9.17, 15) is 13.2 Å². The van der Waals surface area contributed by atoms with Crippen LogP contribution in [0.5, 0.6) is 0 Å². The van der Waals surface area contributed by atoms with Gasteiger partial charge in [0, 0.05) is 29.1 Å². The van der Waals surface area contributed by atoms with Crippen molar-refractivity contribution in [1.82, 2.24) is 8.87 Å². The SMILES string of the molecule is COC(=O)/C1=C/N(Cc2ccccc2)CCc2c(n(S(=O)(=O)c3ccc(C)cc3)c3ccccc23)[C@H]1c1ccc(Br)cc1. The zero-order valence-electron chi connectivity index (χ0n) is 23.9. The van der Waals surface area contributed by atoms with Crippen LogP contribution >= 0.6 is 15.9 Å². The molecule has 0 fully saturated rings. The van der Waals surface area contributed by atoms with Crippen LogP contribution in [0.25, 0.3) is 10.9 Å². The minimum absolute atomic E-state index is 0.188. The number of esters is 1. The van der Waals surface area contributed by atoms with Crippen molar-refractivity contribution < 1.29 is 17.9 Å². The number of halogens is 1. The van der Waals surface area contributed by atoms with Crippen LogP contribution in [0, 0.1) is 6.92 Å². The Kier molecular flexibility index (Phi) is 7.99. The Morgan fingerprint density at radius 1 is 0.907 bits per heavy atom. The van der Waals surface area contributed by atoms with Crippen LogP contribution in [-0.4, -0.2) is 36.9 Å². The summed E-state index contributed by atoms with van der Waals surface area (Å²) < 4.78 is 36.9. The van der Waals surface area contributed by atoms with Gasteiger partial charge in [-0.1, -0.05) is 94.3 Å². The third kappa shape index (κ3) is 5.53. The van der Waals surface area contributed by atoms with Crippen molar-refractivity contribution in [2.45, 2.75) is 30.7 Å². The second-order valence-electron chi connectivity index (χ2n) is 10.7. The van der Waals surface area contributed by atoms with Gasteiger partial charge in [-0.15, -0.1) is 0 Å². The van der Waals surface area contributed by atoms with Crippen molar-refractivity contribution in [3.8, 4) is 0 Å². The maximum absolute atomic E-state index is 14.6. The van der Waals surface area contributed by atoms with Crippen LogP contribution in [0.4, 0.5) is 0 Å². The van der Waals surface area contributed by atoms with E-state index in [-0.39, 0.29) is 4.90 Å². The zero-order valence-corrected chi connectivity index (χ0v) is 26.3. The second kappa shape index (κ2) is 11.9. The van der Waals surface area contributed by atoms with E-state index in [0.29, 0.717) is 36.3 Å². The van der Waals surface area contributed by atoms with Gasteiger partial charge in [-0.25, -0.2) is 17.2 Å². The summed E-state index contributed by atoms with van der Waals surface area (Å²) in [6, 6.07) is 32.2. The van der Waals surface area contributed by atoms with Gasteiger partial charge in [0.05, 0.1) is 34.7 Å². The van der Waals surface area contributed by atoms with Crippen LogP contribution in [0.15, 0.2) is 124 Å². The molecule has 0 spiro atoms. The maximum atomic E-state index is 14.6. The van der Waals surface area contributed by atoms with Crippen LogP contribution < -0.4 is 0 Å². The zero-order chi connectivity index (χ0) is 30.1. The van der Waals surface area contributed by atoms with Gasteiger partial charge < -0.3 is 9.64 Å². The molecule has 1 aliphatic rings. The molecule has 1 atom stereocenters. The van der Waals surface area contributed by atoms with Crippen molar-refractivity contribution in [2.75, 3.05) is 13.7 Å². The average molecular weight is 656 g/mol. The highest BCUT2D eigenvalue weighted by atomic mass is 79.9. The molecule has 43 heavy (non-hydrogen) atoms. The van der Waals surface area contributed by atoms with Gasteiger partial charge in [-0.2, -0.15) is 0 Å². The molecule has 0 unspecified atom stereocenters. The second-order valence-corrected chi connectivity index (χ2v) is 13.4. The lowest BCUT2D eigenvalue weighted by Gasteiger charge is -2.30. The fourth-order valence-corrected chi connectivity index (χ4v) is 7.74. The average Bonchev–Trinajstić information content (AvgIpc) is 3.33. The number of fused-ring (bicyclic) bond motifs is 3. The summed E-state index contributed by atoms with van der Waals surface area (Å²) in [5.74, 6) is -1.23. The molecule has 0 radical (unpaired) electrons. The number of aromatic nitrogens is 1. The van der Waals surface area contributed by atoms with Crippen molar-refractivity contribution in [2.24, 2.45) is 0 Å². The van der Waals surface area contributed by atoms with Crippen molar-refractivity contribution in [3.05, 3.63) is 147 Å². The highest BCUT2D eigenvalue weighted by Crippen LogP contribution is 2.43. The molecule has 0 saturated heterocycles. The monoisotopic (exact) mass is 654 g/mol. The first-order chi connectivity index (χ1) is 20.8. The highest BCUT2D eigenvalue weighted by Gasteiger charge is 2.37. The van der Waals surface area contributed by atoms with Crippen LogP contribution in [0.2, 0.25) is 0 Å². The summed E-state index contributed by atoms with van der Waals surface area (Å²) in [4.78, 5) is 16.0. The number of ether oxygens (including phenoxy) is 1. The lowest BCUT2D eigenvalue weighted by atomic mass is 9.84. The lowest BCUT2D eigenvalue weighted by molar-refractivity contribution is -0.136. The first-order valence-electron chi connectivity index (χ1n) is 14.1. The Morgan fingerprint density at radius 3 is 2.28 bits per heavy atom. The van der Waals surface area contributed by atoms with Crippen LogP contribution in [0.1, 0.15) is 33.9 Å². The third-order valence-electron chi connectivity index (χ3n) is 7.94. The molecular weight excluding hydrogens is 624 g/mol. The van der Waals surface area contributed by atoms with E-state index in [0.717, 1.165) is 32.1 Å². The summed E-state index contributed by atoms with van der Waals surface area (Å²) in [6.07, 6.45) is 2.44. The van der Waals surface area contributed by atoms with Gasteiger partial charge in [-0.05, 0) is 60.4 Å². The highest BCUT2D eigenvalue weighted by molar-refractivity contribution is 9.10. The molecule has 1 aliphatic heterocycles. The lowest BCUT2D eigenvalue weighted by Crippen LogP contribution is -2.29. The Balaban J connectivity index is 1.67. The topological polar surface area (TPSA) is 68.6 Å². The fraction of sp³-hybridized carbons (Fsp3) is 0.171. The molecule has 0 aliphatic carbocycles. The quantitative estimate of drug-likeness (QED) is 0.181. The van der Waals surface area contributed by atoms with Crippen molar-refractivity contribution in [3.63, 3.8) is 0 Å². The predicted molar refractivity (Wildman–Crippen MR) is 172 cm³/mol. The summed E-state index contributed by atoms with van der Waals surface area (Å²) >= 11 is 3.53. The molecule has 8 heteroatoms. The molecule has 218 valence electrons. The summed E-state index contributed by atoms with van der Waals surface area (Å²) in [5.41, 5.74) is 5.25. The van der Waals surface area contributed by atoms with E-state index >= 15 is 0 Å². The largest absolute Gasteiger partial charge is 0.466 e. The van der Waals surface area contributed by atoms with E-state index in [1.54, 1.807) is 24.3 Å². The number of hydrogen-bond donors (Lipinski definition) is 0. The summed E-state index contributed by atoms with van der Waals surface area (Å²) in [5, 5.41) is 0.848. The normalized spacial score (nSPS) is 16.6. The smallest absolute Gasteiger partial charge is 0.336 e. The van der Waals surface area contributed by atoms with Crippen LogP contribution in [-0.2, 0) is 32.5 Å². The standard InChI is InChI=1S/C35H31BrN2O4S/c1-24-12-18-28(19-13-24)43(40,41)38-32-11-7-6-10-29(32)30-20-21-37(22-25-8-4-3-5-9-25)23-31(35(39)42-2)33(34(30)38)26-14-16-27(36)17-15-26/h3-19,23,33H,20-22H2,1-2H3/b31-23+/t33-/m0/s1. The van der Waals surface area contributed by atoms with Gasteiger partial charge in [0.1, 0.15) is 0 Å². The molecule has 6 nitrogen and oxygen atoms in total. The minimum Gasteiger partial charge on any atom is -0.466 e. The molecule has 0 bridgehead atoms. The maximum Gasteiger partial charge on any atom is 0.336 e. The molecule has 2 heterocycles. The van der Waals surface area contributed by atoms with E-state index in [4.69, 9.17) is 4.74 Å². The number of nitrogens with zero attached hydrogens (tertiary/aromatic N) is 2. The van der Waals surface area contributed by atoms with E-state index in [1.165, 1.54) is 11.1 Å². The molecule has 0 saturated carbocycles. The number of hydrogen-bond acceptors (Lipinski definition) is 5. The number of benzene rings is 4. The van der Waals surface area contributed by atoms with Crippen molar-refractivity contribution in [1.29, 1.82) is 0 Å². The number of para-hydroxylation sites is 1. The van der Waals surface area contributed by atoms with E-state index in [2.05, 4.69) is 33.0 Å². The third-order valence-corrected chi connectivity index (χ3v) is 10.2. The molecule has 1 aromatic heterocycles. The molecule has 5 aromatic rings. The summed E-state index contributed by atoms with van der Waals surface area (Å²) in [7, 11) is -2.70. The predicted octanol–water partition coefficient (Wildman–Crippen LogP) is 7.20. The van der Waals surface area contributed by atoms with Gasteiger partial charge in [0.15, 0.2) is 0 Å². The number of carbonyl (C=O) groups excluding carboxylic acids is 1. The Hall–Kier alpha value is -4.14. The fourth-order valence-electron chi connectivity index (χ4n) is 5.89. The Morgan fingerprint density at radius 2 is 1.58 bits per heavy atom. The molecule has 4 aromatic carbocycles. The Bertz CT molecular complexity index is 1930. The number of aryl methyl sites for hydroxylation is 1. The molecule has 0 N–H and O–H groups in total. The molecular formula is C35H31BrN2O4S. The van der Waals surface area contributed by atoms with Crippen molar-refractivity contribution >= 4 is 42.8 Å². The minimum atomic E-state index is -4.06. The Labute approximate surface area is 260 Å². The first kappa shape index (κ1) is 29.0. The molecule has 6 rings (SSSR count). The molecule has 0 amide bonds. The van der Waals surface area contributed by atoms with E-state index in [1.807, 2.05) is 79.9 Å². The summed E-state index contributed by atoms with van der Waals surface area (Å²) in [6.45, 7) is 3.09. The van der Waals surface area contributed by atoms with Crippen LogP contribution in [0.3, 0.4) is 0 Å². The van der Waals surface area contributed by atoms with Gasteiger partial charge in [0.25, 0.3) is 10.0 Å². The number of rotatable bonds is 6. The number of carbonyl (C=O) groups is 1. The number of methoxy groups -OCH3 is 1. The first-order valence-corrected chi connectivity index (χ1v) is 16.3. The van der Waals surface area contributed by atoms with Gasteiger partial charge in [0.2, 0.25) is 0 Å². The van der Waals surface area contributed by atoms with Gasteiger partial charge >= 0.3 is 5.97 Å².